The second-order valence-corrected chi connectivity index (χ2v) is 14.9. The van der Waals surface area contributed by atoms with E-state index >= 15 is 0 Å². The molecule has 0 spiro atoms. The van der Waals surface area contributed by atoms with Gasteiger partial charge in [-0.05, 0) is 97.3 Å². The van der Waals surface area contributed by atoms with Crippen LogP contribution >= 0.6 is 15.9 Å². The lowest BCUT2D eigenvalue weighted by Gasteiger charge is -2.69. The fraction of sp³-hybridized carbons (Fsp3) is 0.514. The number of hydrogen-bond acceptors (Lipinski definition) is 5. The van der Waals surface area contributed by atoms with Crippen LogP contribution in [0.25, 0.3) is 0 Å². The topological polar surface area (TPSA) is 80.7 Å². The van der Waals surface area contributed by atoms with Crippen molar-refractivity contribution >= 4 is 33.5 Å². The van der Waals surface area contributed by atoms with Crippen LogP contribution in [-0.4, -0.2) is 28.7 Å². The van der Waals surface area contributed by atoms with Crippen molar-refractivity contribution in [1.29, 1.82) is 0 Å². The molecule has 6 heteroatoms. The van der Waals surface area contributed by atoms with Crippen LogP contribution in [-0.2, 0) is 14.3 Å². The molecule has 41 heavy (non-hydrogen) atoms. The molecule has 1 aromatic carbocycles. The lowest BCUT2D eigenvalue weighted by atomic mass is 9.35. The second-order valence-electron chi connectivity index (χ2n) is 14.0. The van der Waals surface area contributed by atoms with Gasteiger partial charge < -0.3 is 9.84 Å². The molecule has 0 bridgehead atoms. The number of rotatable bonds is 2. The molecule has 5 aliphatic carbocycles. The van der Waals surface area contributed by atoms with E-state index in [4.69, 9.17) is 4.74 Å². The van der Waals surface area contributed by atoms with Gasteiger partial charge in [-0.2, -0.15) is 0 Å². The Morgan fingerprint density at radius 2 is 1.68 bits per heavy atom. The summed E-state index contributed by atoms with van der Waals surface area (Å²) in [5, 5.41) is 11.2. The van der Waals surface area contributed by atoms with Crippen LogP contribution in [0.5, 0.6) is 0 Å². The Bertz CT molecular complexity index is 1510. The number of aliphatic hydroxyl groups is 1. The molecule has 0 aliphatic heterocycles. The van der Waals surface area contributed by atoms with E-state index < -0.39 is 17.5 Å². The van der Waals surface area contributed by atoms with Gasteiger partial charge in [-0.1, -0.05) is 68.3 Å². The number of aliphatic hydroxyl groups excluding tert-OH is 1. The van der Waals surface area contributed by atoms with Gasteiger partial charge in [0, 0.05) is 26.8 Å². The van der Waals surface area contributed by atoms with E-state index in [-0.39, 0.29) is 45.4 Å². The molecular formula is C35H39BrO5. The molecule has 7 unspecified atom stereocenters. The summed E-state index contributed by atoms with van der Waals surface area (Å²) >= 11 is 3.38. The zero-order chi connectivity index (χ0) is 29.7. The van der Waals surface area contributed by atoms with Crippen LogP contribution in [0, 0.1) is 33.5 Å². The highest BCUT2D eigenvalue weighted by atomic mass is 79.9. The van der Waals surface area contributed by atoms with Crippen LogP contribution in [0.4, 0.5) is 0 Å². The van der Waals surface area contributed by atoms with Crippen molar-refractivity contribution in [2.45, 2.75) is 79.8 Å². The number of carbonyl (C=O) groups excluding carboxylic acids is 3. The van der Waals surface area contributed by atoms with Gasteiger partial charge in [0.15, 0.2) is 11.5 Å². The first-order valence-corrected chi connectivity index (χ1v) is 15.6. The van der Waals surface area contributed by atoms with E-state index in [0.717, 1.165) is 47.7 Å². The van der Waals surface area contributed by atoms with E-state index in [0.29, 0.717) is 11.1 Å². The number of ether oxygens (including phenoxy) is 1. The average Bonchev–Trinajstić information content (AvgIpc) is 2.93. The lowest BCUT2D eigenvalue weighted by Crippen LogP contribution is -2.65. The smallest absolute Gasteiger partial charge is 0.343 e. The van der Waals surface area contributed by atoms with Gasteiger partial charge in [0.1, 0.15) is 6.10 Å². The van der Waals surface area contributed by atoms with Gasteiger partial charge in [-0.3, -0.25) is 9.59 Å². The summed E-state index contributed by atoms with van der Waals surface area (Å²) in [6.45, 7) is 13.0. The minimum absolute atomic E-state index is 0.00849. The third kappa shape index (κ3) is 3.78. The first kappa shape index (κ1) is 28.5. The molecule has 1 aromatic rings. The number of hydrogen-bond donors (Lipinski definition) is 1. The van der Waals surface area contributed by atoms with Gasteiger partial charge in [0.2, 0.25) is 5.78 Å². The maximum absolute atomic E-state index is 13.5. The highest BCUT2D eigenvalue weighted by Gasteiger charge is 2.68. The zero-order valence-electron chi connectivity index (χ0n) is 24.8. The molecule has 0 radical (unpaired) electrons. The average molecular weight is 620 g/mol. The molecule has 7 atom stereocenters. The van der Waals surface area contributed by atoms with Crippen LogP contribution < -0.4 is 0 Å². The van der Waals surface area contributed by atoms with Crippen LogP contribution in [0.3, 0.4) is 0 Å². The summed E-state index contributed by atoms with van der Waals surface area (Å²) in [5.41, 5.74) is 3.37. The largest absolute Gasteiger partial charge is 0.418 e. The fourth-order valence-electron chi connectivity index (χ4n) is 9.29. The Morgan fingerprint density at radius 1 is 1.00 bits per heavy atom. The number of fused-ring (bicyclic) bond motifs is 7. The number of Topliss-reactive ketones (excluding diaryl/α,β-unsaturated/α-hetero) is 1. The maximum Gasteiger partial charge on any atom is 0.343 e. The molecule has 0 saturated heterocycles. The van der Waals surface area contributed by atoms with Crippen LogP contribution in [0.15, 0.2) is 75.0 Å². The molecule has 0 amide bonds. The molecule has 216 valence electrons. The van der Waals surface area contributed by atoms with E-state index in [1.54, 1.807) is 30.3 Å². The fourth-order valence-corrected chi connectivity index (χ4v) is 9.56. The number of halogens is 1. The lowest BCUT2D eigenvalue weighted by molar-refractivity contribution is -0.192. The summed E-state index contributed by atoms with van der Waals surface area (Å²) in [5.74, 6) is -0.674. The summed E-state index contributed by atoms with van der Waals surface area (Å²) in [6, 6.07) is 6.88. The summed E-state index contributed by atoms with van der Waals surface area (Å²) < 4.78 is 6.56. The van der Waals surface area contributed by atoms with Crippen LogP contribution in [0.1, 0.15) is 84.0 Å². The van der Waals surface area contributed by atoms with Crippen molar-refractivity contribution in [3.63, 3.8) is 0 Å². The summed E-state index contributed by atoms with van der Waals surface area (Å²) in [4.78, 5) is 39.3. The van der Waals surface area contributed by atoms with E-state index in [1.807, 2.05) is 13.8 Å². The van der Waals surface area contributed by atoms with Crippen molar-refractivity contribution in [2.24, 2.45) is 33.5 Å². The van der Waals surface area contributed by atoms with Crippen molar-refractivity contribution in [3.05, 3.63) is 80.6 Å². The number of esters is 1. The van der Waals surface area contributed by atoms with E-state index in [9.17, 15) is 19.5 Å². The van der Waals surface area contributed by atoms with E-state index in [2.05, 4.69) is 55.8 Å². The minimum atomic E-state index is -0.914. The monoisotopic (exact) mass is 618 g/mol. The first-order chi connectivity index (χ1) is 19.2. The number of carbonyl (C=O) groups is 3. The molecule has 0 heterocycles. The number of ketones is 2. The van der Waals surface area contributed by atoms with Gasteiger partial charge in [0.25, 0.3) is 0 Å². The number of allylic oxidation sites excluding steroid dienone is 7. The van der Waals surface area contributed by atoms with Gasteiger partial charge in [-0.15, -0.1) is 0 Å². The van der Waals surface area contributed by atoms with E-state index in [1.165, 1.54) is 5.57 Å². The standard InChI is InChI=1S/C35H39BrO5/c1-19-17-27-33(4,30(39)28(19)38)14-16-34(5)26-12-11-23-20(2)29(41-31(40)21-7-9-22(36)10-8-21)25(37)18-24(23)32(26,3)13-15-35(27,34)6/h7-12,18-19,27,30,39H,13-17H2,1-6H3. The predicted molar refractivity (Wildman–Crippen MR) is 161 cm³/mol. The van der Waals surface area contributed by atoms with Crippen molar-refractivity contribution in [2.75, 3.05) is 0 Å². The molecular weight excluding hydrogens is 580 g/mol. The third-order valence-electron chi connectivity index (χ3n) is 12.1. The molecule has 5 aliphatic rings. The normalized spacial score (nSPS) is 39.9. The Kier molecular flexibility index (Phi) is 6.41. The maximum atomic E-state index is 13.5. The predicted octanol–water partition coefficient (Wildman–Crippen LogP) is 7.45. The van der Waals surface area contributed by atoms with Crippen LogP contribution in [0.2, 0.25) is 0 Å². The summed E-state index contributed by atoms with van der Waals surface area (Å²) in [7, 11) is 0. The Hall–Kier alpha value is -2.57. The molecule has 6 rings (SSSR count). The van der Waals surface area contributed by atoms with Crippen molar-refractivity contribution in [3.8, 4) is 0 Å². The van der Waals surface area contributed by atoms with Crippen molar-refractivity contribution in [1.82, 2.24) is 0 Å². The summed E-state index contributed by atoms with van der Waals surface area (Å²) in [6.07, 6.45) is 9.43. The van der Waals surface area contributed by atoms with Crippen molar-refractivity contribution < 1.29 is 24.2 Å². The first-order valence-electron chi connectivity index (χ1n) is 14.8. The third-order valence-corrected chi connectivity index (χ3v) is 12.6. The molecule has 3 saturated carbocycles. The molecule has 1 N–H and O–H groups in total. The van der Waals surface area contributed by atoms with Gasteiger partial charge >= 0.3 is 5.97 Å². The molecule has 5 nitrogen and oxygen atoms in total. The minimum Gasteiger partial charge on any atom is -0.418 e. The van der Waals surface area contributed by atoms with Gasteiger partial charge in [0.05, 0.1) is 5.56 Å². The quantitative estimate of drug-likeness (QED) is 0.348. The Labute approximate surface area is 250 Å². The Balaban J connectivity index is 1.39. The highest BCUT2D eigenvalue weighted by molar-refractivity contribution is 9.10. The zero-order valence-corrected chi connectivity index (χ0v) is 26.4. The highest BCUT2D eigenvalue weighted by Crippen LogP contribution is 2.74. The molecule has 3 fully saturated rings. The second kappa shape index (κ2) is 9.21. The number of benzene rings is 1. The Morgan fingerprint density at radius 3 is 2.37 bits per heavy atom. The van der Waals surface area contributed by atoms with Gasteiger partial charge in [-0.25, -0.2) is 4.79 Å². The molecule has 0 aromatic heterocycles. The SMILES string of the molecule is CC1=C(OC(=O)c2ccc(Br)cc2)C(=O)C=C2C1=CC=C1C2(C)CCC2(C)C3CC(C)C(=O)C(O)C3(C)CCC12C.